The standard InChI is InChI=1S/C11H17N5O3/c1-15-10(18)3-2-9(11(15)19)12-6-8-7-16(4-5-17)14-13-8/h7,9,12,17H,2-6H2,1H3. The average Bonchev–Trinajstić information content (AvgIpc) is 2.83. The summed E-state index contributed by atoms with van der Waals surface area (Å²) in [5, 5.41) is 19.6. The van der Waals surface area contributed by atoms with Crippen molar-refractivity contribution in [2.75, 3.05) is 13.7 Å². The summed E-state index contributed by atoms with van der Waals surface area (Å²) in [6.45, 7) is 0.806. The van der Waals surface area contributed by atoms with Crippen molar-refractivity contribution in [3.05, 3.63) is 11.9 Å². The number of piperidine rings is 1. The molecule has 2 N–H and O–H groups in total. The lowest BCUT2D eigenvalue weighted by molar-refractivity contribution is -0.148. The largest absolute Gasteiger partial charge is 0.394 e. The molecule has 8 heteroatoms. The van der Waals surface area contributed by atoms with Gasteiger partial charge in [-0.1, -0.05) is 5.21 Å². The Labute approximate surface area is 110 Å². The minimum atomic E-state index is -0.356. The highest BCUT2D eigenvalue weighted by Gasteiger charge is 2.31. The van der Waals surface area contributed by atoms with E-state index in [9.17, 15) is 9.59 Å². The first kappa shape index (κ1) is 13.6. The number of amides is 2. The summed E-state index contributed by atoms with van der Waals surface area (Å²) >= 11 is 0. The number of imide groups is 1. The van der Waals surface area contributed by atoms with Crippen LogP contribution in [0.25, 0.3) is 0 Å². The van der Waals surface area contributed by atoms with Crippen molar-refractivity contribution in [3.8, 4) is 0 Å². The first-order chi connectivity index (χ1) is 9.11. The molecule has 1 atom stereocenters. The van der Waals surface area contributed by atoms with Crippen molar-refractivity contribution in [2.24, 2.45) is 0 Å². The van der Waals surface area contributed by atoms with Gasteiger partial charge in [-0.15, -0.1) is 5.10 Å². The van der Waals surface area contributed by atoms with E-state index in [1.807, 2.05) is 0 Å². The molecule has 1 aromatic heterocycles. The summed E-state index contributed by atoms with van der Waals surface area (Å²) in [5.74, 6) is -0.351. The number of hydrogen-bond acceptors (Lipinski definition) is 6. The Kier molecular flexibility index (Phi) is 4.23. The molecule has 0 radical (unpaired) electrons. The average molecular weight is 267 g/mol. The number of likely N-dealkylation sites (N-methyl/N-ethyl adjacent to an activating group) is 1. The van der Waals surface area contributed by atoms with Crippen LogP contribution in [-0.2, 0) is 22.7 Å². The maximum absolute atomic E-state index is 11.8. The van der Waals surface area contributed by atoms with Crippen LogP contribution in [0.2, 0.25) is 0 Å². The number of aromatic nitrogens is 3. The fourth-order valence-electron chi connectivity index (χ4n) is 1.96. The summed E-state index contributed by atoms with van der Waals surface area (Å²) in [7, 11) is 1.50. The van der Waals surface area contributed by atoms with Crippen LogP contribution in [0.4, 0.5) is 0 Å². The predicted molar refractivity (Wildman–Crippen MR) is 64.7 cm³/mol. The molecule has 19 heavy (non-hydrogen) atoms. The van der Waals surface area contributed by atoms with E-state index in [-0.39, 0.29) is 24.5 Å². The maximum Gasteiger partial charge on any atom is 0.246 e. The van der Waals surface area contributed by atoms with Gasteiger partial charge in [0.25, 0.3) is 0 Å². The first-order valence-electron chi connectivity index (χ1n) is 6.15. The summed E-state index contributed by atoms with van der Waals surface area (Å²) in [5.41, 5.74) is 0.695. The summed E-state index contributed by atoms with van der Waals surface area (Å²) < 4.78 is 1.54. The summed E-state index contributed by atoms with van der Waals surface area (Å²) in [6.07, 6.45) is 2.59. The van der Waals surface area contributed by atoms with Gasteiger partial charge in [-0.2, -0.15) is 0 Å². The molecule has 2 amide bonds. The molecule has 0 saturated carbocycles. The zero-order chi connectivity index (χ0) is 13.8. The molecule has 1 aliphatic rings. The molecule has 2 rings (SSSR count). The molecule has 1 fully saturated rings. The van der Waals surface area contributed by atoms with E-state index in [1.54, 1.807) is 6.20 Å². The van der Waals surface area contributed by atoms with Gasteiger partial charge in [-0.05, 0) is 6.42 Å². The highest BCUT2D eigenvalue weighted by molar-refractivity contribution is 6.00. The normalized spacial score (nSPS) is 20.1. The Bertz CT molecular complexity index is 473. The Hall–Kier alpha value is -1.80. The zero-order valence-corrected chi connectivity index (χ0v) is 10.7. The Balaban J connectivity index is 1.87. The molecule has 0 aliphatic carbocycles. The van der Waals surface area contributed by atoms with Gasteiger partial charge < -0.3 is 10.4 Å². The lowest BCUT2D eigenvalue weighted by Gasteiger charge is -2.27. The molecule has 0 spiro atoms. The third kappa shape index (κ3) is 3.15. The molecule has 1 unspecified atom stereocenters. The minimum absolute atomic E-state index is 0.00421. The van der Waals surface area contributed by atoms with Crippen LogP contribution in [0, 0.1) is 0 Å². The quantitative estimate of drug-likeness (QED) is 0.630. The minimum Gasteiger partial charge on any atom is -0.394 e. The molecule has 104 valence electrons. The predicted octanol–water partition coefficient (Wildman–Crippen LogP) is -1.49. The number of aliphatic hydroxyl groups excluding tert-OH is 1. The van der Waals surface area contributed by atoms with Crippen LogP contribution in [0.3, 0.4) is 0 Å². The topological polar surface area (TPSA) is 100 Å². The number of carbonyl (C=O) groups is 2. The van der Waals surface area contributed by atoms with E-state index < -0.39 is 0 Å². The second-order valence-electron chi connectivity index (χ2n) is 4.46. The Morgan fingerprint density at radius 2 is 2.32 bits per heavy atom. The molecule has 8 nitrogen and oxygen atoms in total. The molecule has 1 aliphatic heterocycles. The number of rotatable bonds is 5. The van der Waals surface area contributed by atoms with Crippen LogP contribution in [-0.4, -0.2) is 56.5 Å². The molecule has 0 aromatic carbocycles. The third-order valence-electron chi connectivity index (χ3n) is 3.09. The van der Waals surface area contributed by atoms with E-state index in [1.165, 1.54) is 11.7 Å². The van der Waals surface area contributed by atoms with Crippen LogP contribution in [0.1, 0.15) is 18.5 Å². The maximum atomic E-state index is 11.8. The van der Waals surface area contributed by atoms with E-state index in [4.69, 9.17) is 5.11 Å². The molecule has 0 bridgehead atoms. The second-order valence-corrected chi connectivity index (χ2v) is 4.46. The highest BCUT2D eigenvalue weighted by Crippen LogP contribution is 2.11. The molecule has 2 heterocycles. The third-order valence-corrected chi connectivity index (χ3v) is 3.09. The fraction of sp³-hybridized carbons (Fsp3) is 0.636. The summed E-state index contributed by atoms with van der Waals surface area (Å²) in [6, 6.07) is -0.356. The molecular formula is C11H17N5O3. The number of carbonyl (C=O) groups excluding carboxylic acids is 2. The van der Waals surface area contributed by atoms with Gasteiger partial charge in [0.15, 0.2) is 0 Å². The van der Waals surface area contributed by atoms with Crippen molar-refractivity contribution < 1.29 is 14.7 Å². The van der Waals surface area contributed by atoms with Crippen LogP contribution >= 0.6 is 0 Å². The number of nitrogens with one attached hydrogen (secondary N) is 1. The smallest absolute Gasteiger partial charge is 0.246 e. The van der Waals surface area contributed by atoms with E-state index in [0.29, 0.717) is 31.6 Å². The number of nitrogens with zero attached hydrogens (tertiary/aromatic N) is 4. The number of hydrogen-bond donors (Lipinski definition) is 2. The zero-order valence-electron chi connectivity index (χ0n) is 10.7. The fourth-order valence-corrected chi connectivity index (χ4v) is 1.96. The SMILES string of the molecule is CN1C(=O)CCC(NCc2cn(CCO)nn2)C1=O. The van der Waals surface area contributed by atoms with Gasteiger partial charge in [0.05, 0.1) is 24.9 Å². The first-order valence-corrected chi connectivity index (χ1v) is 6.15. The second kappa shape index (κ2) is 5.89. The van der Waals surface area contributed by atoms with E-state index >= 15 is 0 Å². The monoisotopic (exact) mass is 267 g/mol. The van der Waals surface area contributed by atoms with Crippen LogP contribution in [0.5, 0.6) is 0 Å². The molecule has 1 saturated heterocycles. The van der Waals surface area contributed by atoms with Gasteiger partial charge in [0.2, 0.25) is 11.8 Å². The van der Waals surface area contributed by atoms with Crippen molar-refractivity contribution >= 4 is 11.8 Å². The van der Waals surface area contributed by atoms with Gasteiger partial charge in [-0.3, -0.25) is 14.5 Å². The number of aliphatic hydroxyl groups is 1. The lowest BCUT2D eigenvalue weighted by atomic mass is 10.0. The van der Waals surface area contributed by atoms with Crippen LogP contribution < -0.4 is 5.32 Å². The lowest BCUT2D eigenvalue weighted by Crippen LogP contribution is -2.51. The van der Waals surface area contributed by atoms with Crippen molar-refractivity contribution in [2.45, 2.75) is 32.0 Å². The highest BCUT2D eigenvalue weighted by atomic mass is 16.3. The van der Waals surface area contributed by atoms with Crippen LogP contribution in [0.15, 0.2) is 6.20 Å². The van der Waals surface area contributed by atoms with Gasteiger partial charge in [0, 0.05) is 26.2 Å². The van der Waals surface area contributed by atoms with E-state index in [0.717, 1.165) is 4.90 Å². The van der Waals surface area contributed by atoms with Crippen molar-refractivity contribution in [3.63, 3.8) is 0 Å². The van der Waals surface area contributed by atoms with Gasteiger partial charge in [0.1, 0.15) is 0 Å². The number of likely N-dealkylation sites (tertiary alicyclic amines) is 1. The Morgan fingerprint density at radius 1 is 1.53 bits per heavy atom. The summed E-state index contributed by atoms with van der Waals surface area (Å²) in [4.78, 5) is 24.3. The molecule has 1 aromatic rings. The molecular weight excluding hydrogens is 250 g/mol. The Morgan fingerprint density at radius 3 is 3.05 bits per heavy atom. The van der Waals surface area contributed by atoms with Gasteiger partial charge in [-0.25, -0.2) is 4.68 Å². The van der Waals surface area contributed by atoms with E-state index in [2.05, 4.69) is 15.6 Å². The van der Waals surface area contributed by atoms with Gasteiger partial charge >= 0.3 is 0 Å². The van der Waals surface area contributed by atoms with Crippen molar-refractivity contribution in [1.82, 2.24) is 25.2 Å². The van der Waals surface area contributed by atoms with Crippen molar-refractivity contribution in [1.29, 1.82) is 0 Å².